The maximum atomic E-state index is 13.5. The van der Waals surface area contributed by atoms with Gasteiger partial charge in [0, 0.05) is 25.9 Å². The van der Waals surface area contributed by atoms with Crippen molar-refractivity contribution >= 4 is 51.7 Å². The van der Waals surface area contributed by atoms with Crippen molar-refractivity contribution in [1.29, 1.82) is 0 Å². The molecule has 7 nitrogen and oxygen atoms in total. The molecule has 0 spiro atoms. The average Bonchev–Trinajstić information content (AvgIpc) is 3.39. The molecule has 1 amide bonds. The van der Waals surface area contributed by atoms with Crippen LogP contribution in [0.25, 0.3) is 11.7 Å². The normalized spacial score (nSPS) is 20.1. The largest absolute Gasteiger partial charge is 0.376 e. The standard InChI is InChI=1S/C23H28N4O3S2/c1-3-10-25(11-4-2)20-17(21(28)26-12-6-5-9-19(26)24-20)14-18-22(29)27(23(31)32-18)15-16-8-7-13-30-16/h5-6,9,12,14,16H,3-4,7-8,10-11,13,15H2,1-2H3/b18-14-/t16-/m0/s1. The lowest BCUT2D eigenvalue weighted by atomic mass is 10.2. The highest BCUT2D eigenvalue weighted by atomic mass is 32.2. The van der Waals surface area contributed by atoms with E-state index >= 15 is 0 Å². The van der Waals surface area contributed by atoms with Crippen LogP contribution in [0.15, 0.2) is 34.1 Å². The number of pyridine rings is 1. The van der Waals surface area contributed by atoms with Gasteiger partial charge in [-0.15, -0.1) is 0 Å². The molecule has 2 aromatic rings. The molecule has 170 valence electrons. The highest BCUT2D eigenvalue weighted by molar-refractivity contribution is 8.26. The zero-order chi connectivity index (χ0) is 22.7. The summed E-state index contributed by atoms with van der Waals surface area (Å²) in [5, 5.41) is 0. The molecule has 4 rings (SSSR count). The predicted molar refractivity (Wildman–Crippen MR) is 133 cm³/mol. The van der Waals surface area contributed by atoms with E-state index in [0.717, 1.165) is 45.4 Å². The van der Waals surface area contributed by atoms with Gasteiger partial charge in [0.25, 0.3) is 11.5 Å². The SMILES string of the molecule is CCCN(CCC)c1nc2ccccn2c(=O)c1/C=C1\SC(=S)N(C[C@@H]2CCCO2)C1=O. The van der Waals surface area contributed by atoms with Gasteiger partial charge >= 0.3 is 0 Å². The second-order valence-corrected chi connectivity index (χ2v) is 9.67. The van der Waals surface area contributed by atoms with Crippen molar-refractivity contribution in [2.45, 2.75) is 45.6 Å². The molecule has 0 unspecified atom stereocenters. The van der Waals surface area contributed by atoms with E-state index in [1.54, 1.807) is 23.2 Å². The molecule has 2 fully saturated rings. The first-order valence-electron chi connectivity index (χ1n) is 11.2. The van der Waals surface area contributed by atoms with Gasteiger partial charge in [-0.2, -0.15) is 0 Å². The highest BCUT2D eigenvalue weighted by Crippen LogP contribution is 2.34. The monoisotopic (exact) mass is 472 g/mol. The number of fused-ring (bicyclic) bond motifs is 1. The van der Waals surface area contributed by atoms with Crippen LogP contribution in [0.1, 0.15) is 45.1 Å². The number of aromatic nitrogens is 2. The number of hydrogen-bond acceptors (Lipinski definition) is 7. The van der Waals surface area contributed by atoms with Gasteiger partial charge in [0.15, 0.2) is 0 Å². The zero-order valence-corrected chi connectivity index (χ0v) is 20.1. The van der Waals surface area contributed by atoms with Gasteiger partial charge in [0.05, 0.1) is 23.1 Å². The van der Waals surface area contributed by atoms with E-state index in [1.165, 1.54) is 16.2 Å². The van der Waals surface area contributed by atoms with E-state index in [4.69, 9.17) is 21.9 Å². The number of carbonyl (C=O) groups is 1. The minimum Gasteiger partial charge on any atom is -0.376 e. The summed E-state index contributed by atoms with van der Waals surface area (Å²) < 4.78 is 7.72. The molecule has 2 aromatic heterocycles. The molecular weight excluding hydrogens is 444 g/mol. The number of nitrogens with zero attached hydrogens (tertiary/aromatic N) is 4. The van der Waals surface area contributed by atoms with E-state index in [1.807, 2.05) is 12.1 Å². The van der Waals surface area contributed by atoms with Gasteiger partial charge in [0.2, 0.25) is 0 Å². The van der Waals surface area contributed by atoms with Gasteiger partial charge in [-0.3, -0.25) is 18.9 Å². The first kappa shape index (κ1) is 22.9. The van der Waals surface area contributed by atoms with Crippen LogP contribution in [0.3, 0.4) is 0 Å². The number of thioether (sulfide) groups is 1. The van der Waals surface area contributed by atoms with Crippen LogP contribution < -0.4 is 10.5 Å². The number of hydrogen-bond donors (Lipinski definition) is 0. The maximum absolute atomic E-state index is 13.5. The van der Waals surface area contributed by atoms with Crippen molar-refractivity contribution < 1.29 is 9.53 Å². The Labute approximate surface area is 197 Å². The van der Waals surface area contributed by atoms with Gasteiger partial charge in [-0.1, -0.05) is 43.9 Å². The molecule has 0 N–H and O–H groups in total. The van der Waals surface area contributed by atoms with Gasteiger partial charge in [-0.05, 0) is 43.9 Å². The first-order valence-corrected chi connectivity index (χ1v) is 12.4. The maximum Gasteiger partial charge on any atom is 0.267 e. The first-order chi connectivity index (χ1) is 15.5. The summed E-state index contributed by atoms with van der Waals surface area (Å²) in [7, 11) is 0. The summed E-state index contributed by atoms with van der Waals surface area (Å²) in [6, 6.07) is 5.49. The smallest absolute Gasteiger partial charge is 0.267 e. The van der Waals surface area contributed by atoms with Crippen LogP contribution in [0.4, 0.5) is 5.82 Å². The predicted octanol–water partition coefficient (Wildman–Crippen LogP) is 3.70. The quantitative estimate of drug-likeness (QED) is 0.429. The lowest BCUT2D eigenvalue weighted by Crippen LogP contribution is -2.35. The van der Waals surface area contributed by atoms with Gasteiger partial charge in [-0.25, -0.2) is 4.98 Å². The zero-order valence-electron chi connectivity index (χ0n) is 18.5. The number of carbonyl (C=O) groups excluding carboxylic acids is 1. The summed E-state index contributed by atoms with van der Waals surface area (Å²) in [5.74, 6) is 0.450. The fourth-order valence-electron chi connectivity index (χ4n) is 4.10. The van der Waals surface area contributed by atoms with Crippen molar-refractivity contribution in [2.75, 3.05) is 31.1 Å². The summed E-state index contributed by atoms with van der Waals surface area (Å²) in [4.78, 5) is 35.6. The molecule has 9 heteroatoms. The molecule has 0 aliphatic carbocycles. The van der Waals surface area contributed by atoms with Crippen LogP contribution in [0.5, 0.6) is 0 Å². The fourth-order valence-corrected chi connectivity index (χ4v) is 5.36. The van der Waals surface area contributed by atoms with Crippen molar-refractivity contribution in [1.82, 2.24) is 14.3 Å². The van der Waals surface area contributed by atoms with E-state index in [-0.39, 0.29) is 17.6 Å². The number of thiocarbonyl (C=S) groups is 1. The molecule has 2 aliphatic rings. The van der Waals surface area contributed by atoms with Gasteiger partial charge < -0.3 is 9.64 Å². The van der Waals surface area contributed by atoms with Crippen LogP contribution in [0.2, 0.25) is 0 Å². The van der Waals surface area contributed by atoms with Crippen LogP contribution in [-0.4, -0.2) is 56.9 Å². The van der Waals surface area contributed by atoms with Crippen molar-refractivity contribution in [2.24, 2.45) is 0 Å². The number of anilines is 1. The summed E-state index contributed by atoms with van der Waals surface area (Å²) in [5.41, 5.74) is 0.827. The van der Waals surface area contributed by atoms with Crippen molar-refractivity contribution in [3.05, 3.63) is 45.2 Å². The molecule has 0 aromatic carbocycles. The number of amides is 1. The fraction of sp³-hybridized carbons (Fsp3) is 0.478. The minimum absolute atomic E-state index is 0.0185. The molecule has 0 radical (unpaired) electrons. The Morgan fingerprint density at radius 1 is 1.28 bits per heavy atom. The summed E-state index contributed by atoms with van der Waals surface area (Å²) in [6.45, 7) is 6.96. The second-order valence-electron chi connectivity index (χ2n) is 8.00. The van der Waals surface area contributed by atoms with Crippen LogP contribution in [-0.2, 0) is 9.53 Å². The van der Waals surface area contributed by atoms with E-state index < -0.39 is 0 Å². The summed E-state index contributed by atoms with van der Waals surface area (Å²) >= 11 is 6.73. The third kappa shape index (κ3) is 4.60. The molecule has 2 saturated heterocycles. The molecule has 32 heavy (non-hydrogen) atoms. The lowest BCUT2D eigenvalue weighted by Gasteiger charge is -2.24. The molecule has 0 saturated carbocycles. The van der Waals surface area contributed by atoms with Crippen molar-refractivity contribution in [3.63, 3.8) is 0 Å². The Morgan fingerprint density at radius 3 is 2.75 bits per heavy atom. The Kier molecular flexibility index (Phi) is 7.27. The number of ether oxygens (including phenoxy) is 1. The van der Waals surface area contributed by atoms with E-state index in [2.05, 4.69) is 18.7 Å². The Bertz CT molecular complexity index is 1100. The molecule has 1 atom stereocenters. The topological polar surface area (TPSA) is 67.2 Å². The highest BCUT2D eigenvalue weighted by Gasteiger charge is 2.35. The number of rotatable bonds is 8. The molecule has 4 heterocycles. The van der Waals surface area contributed by atoms with Gasteiger partial charge in [0.1, 0.15) is 15.8 Å². The minimum atomic E-state index is -0.188. The van der Waals surface area contributed by atoms with E-state index in [0.29, 0.717) is 32.8 Å². The average molecular weight is 473 g/mol. The van der Waals surface area contributed by atoms with E-state index in [9.17, 15) is 9.59 Å². The Balaban J connectivity index is 1.77. The third-order valence-electron chi connectivity index (χ3n) is 5.59. The molecule has 0 bridgehead atoms. The van der Waals surface area contributed by atoms with Crippen LogP contribution in [0, 0.1) is 0 Å². The Morgan fingerprint density at radius 2 is 2.06 bits per heavy atom. The molecular formula is C23H28N4O3S2. The lowest BCUT2D eigenvalue weighted by molar-refractivity contribution is -0.123. The van der Waals surface area contributed by atoms with Crippen molar-refractivity contribution in [3.8, 4) is 0 Å². The second kappa shape index (κ2) is 10.1. The van der Waals surface area contributed by atoms with Crippen LogP contribution >= 0.6 is 24.0 Å². The molecule has 2 aliphatic heterocycles. The third-order valence-corrected chi connectivity index (χ3v) is 6.97. The Hall–Kier alpha value is -2.23. The summed E-state index contributed by atoms with van der Waals surface area (Å²) in [6.07, 6.45) is 7.19.